The van der Waals surface area contributed by atoms with Crippen molar-refractivity contribution in [2.45, 2.75) is 19.4 Å². The summed E-state index contributed by atoms with van der Waals surface area (Å²) in [6, 6.07) is 7.68. The van der Waals surface area contributed by atoms with Gasteiger partial charge in [-0.2, -0.15) is 0 Å². The molecule has 0 heterocycles. The summed E-state index contributed by atoms with van der Waals surface area (Å²) in [5.74, 6) is -0.109. The molecule has 0 saturated carbocycles. The Kier molecular flexibility index (Phi) is 5.29. The second kappa shape index (κ2) is 6.51. The van der Waals surface area contributed by atoms with Crippen LogP contribution in [0.15, 0.2) is 24.3 Å². The molecule has 0 aliphatic carbocycles. The number of carbonyl (C=O) groups excluding carboxylic acids is 1. The highest BCUT2D eigenvalue weighted by Gasteiger charge is 2.09. The molecule has 3 nitrogen and oxygen atoms in total. The van der Waals surface area contributed by atoms with E-state index >= 15 is 0 Å². The van der Waals surface area contributed by atoms with Crippen LogP contribution in [0.5, 0.6) is 0 Å². The van der Waals surface area contributed by atoms with E-state index in [1.165, 1.54) is 7.11 Å². The zero-order valence-corrected chi connectivity index (χ0v) is 10.3. The van der Waals surface area contributed by atoms with E-state index < -0.39 is 0 Å². The Morgan fingerprint density at radius 2 is 2.19 bits per heavy atom. The van der Waals surface area contributed by atoms with E-state index in [1.807, 2.05) is 31.2 Å². The molecule has 0 aliphatic rings. The predicted octanol–water partition coefficient (Wildman–Crippen LogP) is 2.03. The Morgan fingerprint density at radius 3 is 2.81 bits per heavy atom. The van der Waals surface area contributed by atoms with Crippen molar-refractivity contribution in [3.8, 4) is 0 Å². The second-order valence-electron chi connectivity index (χ2n) is 3.70. The third-order valence-corrected chi connectivity index (χ3v) is 2.54. The molecule has 1 rings (SSSR count). The van der Waals surface area contributed by atoms with Crippen molar-refractivity contribution in [1.29, 1.82) is 0 Å². The molecule has 1 N–H and O–H groups in total. The van der Waals surface area contributed by atoms with Crippen LogP contribution in [-0.2, 0) is 16.0 Å². The minimum absolute atomic E-state index is 0.0440. The number of hydrogen-bond acceptors (Lipinski definition) is 2. The Balaban J connectivity index is 2.48. The molecule has 4 heteroatoms. The lowest BCUT2D eigenvalue weighted by atomic mass is 10.1. The van der Waals surface area contributed by atoms with Crippen molar-refractivity contribution in [1.82, 2.24) is 5.32 Å². The van der Waals surface area contributed by atoms with Crippen LogP contribution in [0, 0.1) is 0 Å². The number of methoxy groups -OCH3 is 1. The van der Waals surface area contributed by atoms with E-state index in [0.29, 0.717) is 0 Å². The summed E-state index contributed by atoms with van der Waals surface area (Å²) in [6.07, 6.45) is 0.717. The van der Waals surface area contributed by atoms with E-state index in [0.717, 1.165) is 17.0 Å². The number of benzene rings is 1. The first-order valence-electron chi connectivity index (χ1n) is 5.15. The lowest BCUT2D eigenvalue weighted by Gasteiger charge is -2.14. The van der Waals surface area contributed by atoms with E-state index in [2.05, 4.69) is 5.32 Å². The third-order valence-electron chi connectivity index (χ3n) is 2.17. The van der Waals surface area contributed by atoms with E-state index in [-0.39, 0.29) is 18.6 Å². The Bertz CT molecular complexity index is 355. The van der Waals surface area contributed by atoms with E-state index in [1.54, 1.807) is 0 Å². The number of hydrogen-bond donors (Lipinski definition) is 1. The quantitative estimate of drug-likeness (QED) is 0.857. The van der Waals surface area contributed by atoms with Crippen LogP contribution >= 0.6 is 11.6 Å². The first-order chi connectivity index (χ1) is 7.63. The van der Waals surface area contributed by atoms with Gasteiger partial charge in [-0.1, -0.05) is 29.8 Å². The smallest absolute Gasteiger partial charge is 0.246 e. The minimum Gasteiger partial charge on any atom is -0.375 e. The fourth-order valence-electron chi connectivity index (χ4n) is 1.49. The van der Waals surface area contributed by atoms with Crippen molar-refractivity contribution >= 4 is 17.5 Å². The second-order valence-corrected chi connectivity index (χ2v) is 4.10. The molecular formula is C12H16ClNO2. The highest BCUT2D eigenvalue weighted by Crippen LogP contribution is 2.16. The summed E-state index contributed by atoms with van der Waals surface area (Å²) in [7, 11) is 1.50. The van der Waals surface area contributed by atoms with Gasteiger partial charge >= 0.3 is 0 Å². The van der Waals surface area contributed by atoms with Gasteiger partial charge in [0.1, 0.15) is 6.61 Å². The summed E-state index contributed by atoms with van der Waals surface area (Å²) in [5, 5.41) is 3.57. The van der Waals surface area contributed by atoms with Gasteiger partial charge in [0.25, 0.3) is 0 Å². The zero-order valence-electron chi connectivity index (χ0n) is 9.50. The summed E-state index contributed by atoms with van der Waals surface area (Å²) in [6.45, 7) is 2.03. The van der Waals surface area contributed by atoms with Crippen LogP contribution in [-0.4, -0.2) is 25.7 Å². The topological polar surface area (TPSA) is 38.3 Å². The van der Waals surface area contributed by atoms with Crippen LogP contribution in [0.25, 0.3) is 0 Å². The zero-order chi connectivity index (χ0) is 12.0. The van der Waals surface area contributed by atoms with Gasteiger partial charge in [0, 0.05) is 18.2 Å². The minimum atomic E-state index is -0.109. The van der Waals surface area contributed by atoms with Crippen LogP contribution in [0.1, 0.15) is 12.5 Å². The van der Waals surface area contributed by atoms with Gasteiger partial charge in [0.2, 0.25) is 5.91 Å². The van der Waals surface area contributed by atoms with Crippen molar-refractivity contribution in [3.63, 3.8) is 0 Å². The first kappa shape index (κ1) is 13.0. The average Bonchev–Trinajstić information content (AvgIpc) is 2.21. The van der Waals surface area contributed by atoms with Gasteiger partial charge in [-0.15, -0.1) is 0 Å². The summed E-state index contributed by atoms with van der Waals surface area (Å²) >= 11 is 6.03. The Morgan fingerprint density at radius 1 is 1.50 bits per heavy atom. The van der Waals surface area contributed by atoms with Crippen molar-refractivity contribution in [2.24, 2.45) is 0 Å². The molecule has 0 spiro atoms. The third kappa shape index (κ3) is 4.21. The number of carbonyl (C=O) groups is 1. The van der Waals surface area contributed by atoms with Crippen LogP contribution in [0.4, 0.5) is 0 Å². The standard InChI is InChI=1S/C12H16ClNO2/c1-9(14-12(15)8-16-2)7-10-5-3-4-6-11(10)13/h3-6,9H,7-8H2,1-2H3,(H,14,15)/t9-/m1/s1. The summed E-state index contributed by atoms with van der Waals surface area (Å²) in [4.78, 5) is 11.3. The van der Waals surface area contributed by atoms with Crippen LogP contribution in [0.2, 0.25) is 5.02 Å². The average molecular weight is 242 g/mol. The molecule has 88 valence electrons. The molecule has 0 unspecified atom stereocenters. The summed E-state index contributed by atoms with van der Waals surface area (Å²) in [5.41, 5.74) is 1.04. The number of nitrogens with one attached hydrogen (secondary N) is 1. The fraction of sp³-hybridized carbons (Fsp3) is 0.417. The predicted molar refractivity (Wildman–Crippen MR) is 64.6 cm³/mol. The highest BCUT2D eigenvalue weighted by atomic mass is 35.5. The van der Waals surface area contributed by atoms with Gasteiger partial charge in [0.15, 0.2) is 0 Å². The van der Waals surface area contributed by atoms with E-state index in [9.17, 15) is 4.79 Å². The fourth-order valence-corrected chi connectivity index (χ4v) is 1.71. The van der Waals surface area contributed by atoms with Crippen molar-refractivity contribution < 1.29 is 9.53 Å². The van der Waals surface area contributed by atoms with Gasteiger partial charge in [-0.05, 0) is 25.0 Å². The van der Waals surface area contributed by atoms with Gasteiger partial charge in [-0.25, -0.2) is 0 Å². The lowest BCUT2D eigenvalue weighted by molar-refractivity contribution is -0.125. The number of rotatable bonds is 5. The molecule has 1 aromatic rings. The molecule has 0 radical (unpaired) electrons. The monoisotopic (exact) mass is 241 g/mol. The van der Waals surface area contributed by atoms with Gasteiger partial charge < -0.3 is 10.1 Å². The largest absolute Gasteiger partial charge is 0.375 e. The molecular weight excluding hydrogens is 226 g/mol. The molecule has 0 bridgehead atoms. The molecule has 16 heavy (non-hydrogen) atoms. The molecule has 0 saturated heterocycles. The van der Waals surface area contributed by atoms with Gasteiger partial charge in [-0.3, -0.25) is 4.79 Å². The van der Waals surface area contributed by atoms with Gasteiger partial charge in [0.05, 0.1) is 0 Å². The molecule has 0 aliphatic heterocycles. The maximum Gasteiger partial charge on any atom is 0.246 e. The highest BCUT2D eigenvalue weighted by molar-refractivity contribution is 6.31. The molecule has 0 fully saturated rings. The molecule has 0 aromatic heterocycles. The first-order valence-corrected chi connectivity index (χ1v) is 5.53. The number of ether oxygens (including phenoxy) is 1. The Hall–Kier alpha value is -1.06. The van der Waals surface area contributed by atoms with Crippen LogP contribution < -0.4 is 5.32 Å². The van der Waals surface area contributed by atoms with Crippen LogP contribution in [0.3, 0.4) is 0 Å². The maximum absolute atomic E-state index is 11.3. The summed E-state index contributed by atoms with van der Waals surface area (Å²) < 4.78 is 4.74. The van der Waals surface area contributed by atoms with E-state index in [4.69, 9.17) is 16.3 Å². The Labute approximate surface area is 101 Å². The molecule has 1 amide bonds. The normalized spacial score (nSPS) is 12.2. The number of halogens is 1. The van der Waals surface area contributed by atoms with Crippen molar-refractivity contribution in [2.75, 3.05) is 13.7 Å². The molecule has 1 aromatic carbocycles. The number of amides is 1. The lowest BCUT2D eigenvalue weighted by Crippen LogP contribution is -2.36. The SMILES string of the molecule is COCC(=O)N[C@H](C)Cc1ccccc1Cl. The molecule has 1 atom stereocenters. The van der Waals surface area contributed by atoms with Crippen molar-refractivity contribution in [3.05, 3.63) is 34.9 Å². The maximum atomic E-state index is 11.3.